The Bertz CT molecular complexity index is 571. The Morgan fingerprint density at radius 2 is 1.95 bits per heavy atom. The van der Waals surface area contributed by atoms with Crippen LogP contribution in [0.1, 0.15) is 32.4 Å². The van der Waals surface area contributed by atoms with Crippen LogP contribution in [0.4, 0.5) is 10.5 Å². The first-order chi connectivity index (χ1) is 10.0. The van der Waals surface area contributed by atoms with E-state index in [1.54, 1.807) is 20.8 Å². The van der Waals surface area contributed by atoms with Gasteiger partial charge < -0.3 is 20.7 Å². The third-order valence-electron chi connectivity index (χ3n) is 2.59. The molecule has 1 aromatic carbocycles. The number of carboxylic acids is 1. The summed E-state index contributed by atoms with van der Waals surface area (Å²) in [6.07, 6.45) is -2.27. The Morgan fingerprint density at radius 3 is 2.45 bits per heavy atom. The van der Waals surface area contributed by atoms with Gasteiger partial charge in [0.05, 0.1) is 5.69 Å². The predicted molar refractivity (Wildman–Crippen MR) is 81.9 cm³/mol. The zero-order valence-corrected chi connectivity index (χ0v) is 13.2. The van der Waals surface area contributed by atoms with Crippen molar-refractivity contribution in [2.45, 2.75) is 38.5 Å². The standard InChI is InChI=1S/C14H19ClN2O5/c1-14(2,3)22-13(21)17-9-6-7(15)4-5-8(9)11(18)10(16)12(19)20/h4-6,10-11,18H,16H2,1-3H3,(H,17,21)(H,19,20). The van der Waals surface area contributed by atoms with Crippen molar-refractivity contribution in [1.82, 2.24) is 0 Å². The van der Waals surface area contributed by atoms with Crippen molar-refractivity contribution in [1.29, 1.82) is 0 Å². The second-order valence-electron chi connectivity index (χ2n) is 5.67. The first-order valence-electron chi connectivity index (χ1n) is 6.47. The van der Waals surface area contributed by atoms with Crippen molar-refractivity contribution in [2.75, 3.05) is 5.32 Å². The summed E-state index contributed by atoms with van der Waals surface area (Å²) in [5, 5.41) is 21.6. The number of halogens is 1. The molecule has 1 rings (SSSR count). The van der Waals surface area contributed by atoms with Crippen molar-refractivity contribution in [3.63, 3.8) is 0 Å². The van der Waals surface area contributed by atoms with E-state index in [-0.39, 0.29) is 11.3 Å². The number of anilines is 1. The normalized spacial score (nSPS) is 14.1. The van der Waals surface area contributed by atoms with Gasteiger partial charge in [0.25, 0.3) is 0 Å². The molecule has 0 bridgehead atoms. The Kier molecular flexibility index (Phi) is 5.76. The first kappa shape index (κ1) is 18.2. The Balaban J connectivity index is 3.06. The van der Waals surface area contributed by atoms with Gasteiger partial charge in [-0.25, -0.2) is 4.79 Å². The molecule has 0 saturated carbocycles. The number of amides is 1. The number of ether oxygens (including phenoxy) is 1. The van der Waals surface area contributed by atoms with E-state index in [0.29, 0.717) is 5.02 Å². The van der Waals surface area contributed by atoms with Crippen LogP contribution in [0, 0.1) is 0 Å². The maximum atomic E-state index is 11.8. The van der Waals surface area contributed by atoms with Gasteiger partial charge in [-0.05, 0) is 32.9 Å². The summed E-state index contributed by atoms with van der Waals surface area (Å²) < 4.78 is 5.10. The molecule has 8 heteroatoms. The number of aliphatic hydroxyl groups is 1. The van der Waals surface area contributed by atoms with Gasteiger partial charge in [0.2, 0.25) is 0 Å². The fraction of sp³-hybridized carbons (Fsp3) is 0.429. The SMILES string of the molecule is CC(C)(C)OC(=O)Nc1cc(Cl)ccc1C(O)C(N)C(=O)O. The first-order valence-corrected chi connectivity index (χ1v) is 6.85. The predicted octanol–water partition coefficient (Wildman–Crippen LogP) is 2.13. The third kappa shape index (κ3) is 5.18. The van der Waals surface area contributed by atoms with Crippen LogP contribution in [-0.2, 0) is 9.53 Å². The van der Waals surface area contributed by atoms with Gasteiger partial charge in [0, 0.05) is 10.6 Å². The molecular formula is C14H19ClN2O5. The van der Waals surface area contributed by atoms with Crippen molar-refractivity contribution in [3.05, 3.63) is 28.8 Å². The highest BCUT2D eigenvalue weighted by Gasteiger charge is 2.27. The van der Waals surface area contributed by atoms with E-state index in [1.807, 2.05) is 0 Å². The molecule has 122 valence electrons. The molecule has 0 spiro atoms. The molecule has 2 atom stereocenters. The lowest BCUT2D eigenvalue weighted by molar-refractivity contribution is -0.141. The number of hydrogen-bond donors (Lipinski definition) is 4. The maximum absolute atomic E-state index is 11.8. The molecule has 5 N–H and O–H groups in total. The number of hydrogen-bond acceptors (Lipinski definition) is 5. The molecule has 0 fully saturated rings. The van der Waals surface area contributed by atoms with Gasteiger partial charge in [-0.3, -0.25) is 10.1 Å². The zero-order chi connectivity index (χ0) is 17.1. The van der Waals surface area contributed by atoms with Crippen LogP contribution in [0.2, 0.25) is 5.02 Å². The molecule has 0 aliphatic carbocycles. The van der Waals surface area contributed by atoms with Gasteiger partial charge in [-0.2, -0.15) is 0 Å². The number of benzene rings is 1. The molecule has 0 aromatic heterocycles. The monoisotopic (exact) mass is 330 g/mol. The minimum atomic E-state index is -1.54. The van der Waals surface area contributed by atoms with Crippen LogP contribution in [0.3, 0.4) is 0 Å². The summed E-state index contributed by atoms with van der Waals surface area (Å²) in [6, 6.07) is 2.68. The van der Waals surface area contributed by atoms with Crippen LogP contribution in [-0.4, -0.2) is 33.9 Å². The van der Waals surface area contributed by atoms with Crippen molar-refractivity contribution in [2.24, 2.45) is 5.73 Å². The summed E-state index contributed by atoms with van der Waals surface area (Å²) in [4.78, 5) is 22.7. The average molecular weight is 331 g/mol. The van der Waals surface area contributed by atoms with Crippen LogP contribution in [0.25, 0.3) is 0 Å². The second kappa shape index (κ2) is 6.95. The van der Waals surface area contributed by atoms with Crippen LogP contribution >= 0.6 is 11.6 Å². The molecule has 0 heterocycles. The number of carboxylic acid groups (broad SMARTS) is 1. The minimum absolute atomic E-state index is 0.130. The highest BCUT2D eigenvalue weighted by atomic mass is 35.5. The molecule has 0 aliphatic heterocycles. The summed E-state index contributed by atoms with van der Waals surface area (Å²) in [6.45, 7) is 5.09. The number of aliphatic hydroxyl groups excluding tert-OH is 1. The molecule has 0 saturated heterocycles. The van der Waals surface area contributed by atoms with Crippen LogP contribution in [0.5, 0.6) is 0 Å². The lowest BCUT2D eigenvalue weighted by Crippen LogP contribution is -2.37. The van der Waals surface area contributed by atoms with Gasteiger partial charge >= 0.3 is 12.1 Å². The summed E-state index contributed by atoms with van der Waals surface area (Å²) >= 11 is 5.86. The highest BCUT2D eigenvalue weighted by Crippen LogP contribution is 2.28. The van der Waals surface area contributed by atoms with E-state index in [4.69, 9.17) is 27.2 Å². The van der Waals surface area contributed by atoms with Crippen LogP contribution < -0.4 is 11.1 Å². The fourth-order valence-electron chi connectivity index (χ4n) is 1.64. The number of carbonyl (C=O) groups excluding carboxylic acids is 1. The van der Waals surface area contributed by atoms with Gasteiger partial charge in [-0.1, -0.05) is 17.7 Å². The zero-order valence-electron chi connectivity index (χ0n) is 12.5. The number of nitrogens with one attached hydrogen (secondary N) is 1. The third-order valence-corrected chi connectivity index (χ3v) is 2.83. The van der Waals surface area contributed by atoms with E-state index in [9.17, 15) is 14.7 Å². The Labute approximate surface area is 133 Å². The molecule has 7 nitrogen and oxygen atoms in total. The van der Waals surface area contributed by atoms with Gasteiger partial charge in [-0.15, -0.1) is 0 Å². The van der Waals surface area contributed by atoms with E-state index in [1.165, 1.54) is 18.2 Å². The molecule has 2 unspecified atom stereocenters. The molecule has 0 aliphatic rings. The van der Waals surface area contributed by atoms with E-state index in [0.717, 1.165) is 0 Å². The summed E-state index contributed by atoms with van der Waals surface area (Å²) in [7, 11) is 0. The largest absolute Gasteiger partial charge is 0.480 e. The fourth-order valence-corrected chi connectivity index (χ4v) is 1.81. The van der Waals surface area contributed by atoms with Gasteiger partial charge in [0.15, 0.2) is 0 Å². The topological polar surface area (TPSA) is 122 Å². The van der Waals surface area contributed by atoms with E-state index >= 15 is 0 Å². The molecule has 1 amide bonds. The molecule has 22 heavy (non-hydrogen) atoms. The van der Waals surface area contributed by atoms with Crippen molar-refractivity contribution in [3.8, 4) is 0 Å². The molecular weight excluding hydrogens is 312 g/mol. The molecule has 0 radical (unpaired) electrons. The lowest BCUT2D eigenvalue weighted by atomic mass is 10.0. The smallest absolute Gasteiger partial charge is 0.412 e. The summed E-state index contributed by atoms with van der Waals surface area (Å²) in [5.74, 6) is -1.37. The number of rotatable bonds is 4. The second-order valence-corrected chi connectivity index (χ2v) is 6.10. The minimum Gasteiger partial charge on any atom is -0.480 e. The Morgan fingerprint density at radius 1 is 1.36 bits per heavy atom. The molecule has 1 aromatic rings. The Hall–Kier alpha value is -1.83. The number of nitrogens with two attached hydrogens (primary N) is 1. The van der Waals surface area contributed by atoms with Crippen molar-refractivity contribution >= 4 is 29.4 Å². The average Bonchev–Trinajstić information content (AvgIpc) is 2.34. The van der Waals surface area contributed by atoms with Gasteiger partial charge in [0.1, 0.15) is 17.7 Å². The highest BCUT2D eigenvalue weighted by molar-refractivity contribution is 6.31. The van der Waals surface area contributed by atoms with Crippen molar-refractivity contribution < 1.29 is 24.5 Å². The summed E-state index contributed by atoms with van der Waals surface area (Å²) in [5.41, 5.74) is 4.96. The van der Waals surface area contributed by atoms with E-state index in [2.05, 4.69) is 5.32 Å². The lowest BCUT2D eigenvalue weighted by Gasteiger charge is -2.22. The number of carbonyl (C=O) groups is 2. The number of aliphatic carboxylic acids is 1. The van der Waals surface area contributed by atoms with Crippen LogP contribution in [0.15, 0.2) is 18.2 Å². The quantitative estimate of drug-likeness (QED) is 0.671. The van der Waals surface area contributed by atoms with E-state index < -0.39 is 29.8 Å². The maximum Gasteiger partial charge on any atom is 0.412 e.